The fourth-order valence-corrected chi connectivity index (χ4v) is 4.80. The zero-order valence-electron chi connectivity index (χ0n) is 14.5. The number of amides is 1. The Morgan fingerprint density at radius 3 is 2.46 bits per heavy atom. The van der Waals surface area contributed by atoms with Gasteiger partial charge in [0.15, 0.2) is 0 Å². The first-order valence-corrected chi connectivity index (χ1v) is 10.0. The van der Waals surface area contributed by atoms with Crippen molar-refractivity contribution in [3.63, 3.8) is 0 Å². The maximum atomic E-state index is 13.6. The zero-order chi connectivity index (χ0) is 18.7. The molecule has 26 heavy (non-hydrogen) atoms. The molecule has 0 spiro atoms. The van der Waals surface area contributed by atoms with Crippen molar-refractivity contribution in [2.24, 2.45) is 0 Å². The molecular formula is C19H21FN2O3S. The summed E-state index contributed by atoms with van der Waals surface area (Å²) in [6.07, 6.45) is 2.73. The van der Waals surface area contributed by atoms with E-state index in [9.17, 15) is 17.6 Å². The van der Waals surface area contributed by atoms with Crippen LogP contribution in [0.3, 0.4) is 0 Å². The van der Waals surface area contributed by atoms with Gasteiger partial charge in [0.2, 0.25) is 10.0 Å². The molecule has 1 atom stereocenters. The van der Waals surface area contributed by atoms with Gasteiger partial charge in [-0.15, -0.1) is 0 Å². The molecule has 1 amide bonds. The van der Waals surface area contributed by atoms with Crippen LogP contribution in [-0.2, 0) is 10.0 Å². The molecule has 5 nitrogen and oxygen atoms in total. The van der Waals surface area contributed by atoms with Crippen LogP contribution in [0.15, 0.2) is 53.4 Å². The van der Waals surface area contributed by atoms with Gasteiger partial charge in [0.25, 0.3) is 5.91 Å². The van der Waals surface area contributed by atoms with Crippen LogP contribution in [0.4, 0.5) is 10.1 Å². The minimum absolute atomic E-state index is 0.0298. The molecule has 1 unspecified atom stereocenters. The second-order valence-electron chi connectivity index (χ2n) is 6.42. The molecule has 1 saturated heterocycles. The summed E-state index contributed by atoms with van der Waals surface area (Å²) in [5.41, 5.74) is 0.343. The Balaban J connectivity index is 1.77. The van der Waals surface area contributed by atoms with Crippen molar-refractivity contribution >= 4 is 21.6 Å². The molecule has 0 bridgehead atoms. The van der Waals surface area contributed by atoms with Crippen LogP contribution >= 0.6 is 0 Å². The summed E-state index contributed by atoms with van der Waals surface area (Å²) in [5, 5.41) is 2.48. The summed E-state index contributed by atoms with van der Waals surface area (Å²) in [7, 11) is -3.58. The minimum Gasteiger partial charge on any atom is -0.319 e. The number of nitrogens with one attached hydrogen (secondary N) is 1. The molecule has 2 aromatic rings. The maximum absolute atomic E-state index is 13.6. The van der Waals surface area contributed by atoms with Crippen LogP contribution in [-0.4, -0.2) is 31.2 Å². The summed E-state index contributed by atoms with van der Waals surface area (Å²) in [6.45, 7) is 2.42. The summed E-state index contributed by atoms with van der Waals surface area (Å²) >= 11 is 0. The van der Waals surface area contributed by atoms with Gasteiger partial charge in [0.1, 0.15) is 5.82 Å². The molecule has 2 aromatic carbocycles. The number of carbonyl (C=O) groups is 1. The van der Waals surface area contributed by atoms with Crippen molar-refractivity contribution in [1.82, 2.24) is 4.31 Å². The van der Waals surface area contributed by atoms with Gasteiger partial charge in [-0.2, -0.15) is 4.31 Å². The highest BCUT2D eigenvalue weighted by Crippen LogP contribution is 2.25. The van der Waals surface area contributed by atoms with Crippen LogP contribution in [0.1, 0.15) is 36.5 Å². The van der Waals surface area contributed by atoms with Crippen molar-refractivity contribution in [3.05, 3.63) is 59.9 Å². The van der Waals surface area contributed by atoms with Crippen LogP contribution in [0, 0.1) is 5.82 Å². The van der Waals surface area contributed by atoms with Crippen molar-refractivity contribution in [2.45, 2.75) is 37.1 Å². The van der Waals surface area contributed by atoms with Gasteiger partial charge < -0.3 is 5.32 Å². The Labute approximate surface area is 152 Å². The highest BCUT2D eigenvalue weighted by atomic mass is 32.2. The van der Waals surface area contributed by atoms with E-state index in [0.717, 1.165) is 19.3 Å². The molecule has 1 fully saturated rings. The fraction of sp³-hybridized carbons (Fsp3) is 0.316. The molecule has 1 heterocycles. The molecule has 3 rings (SSSR count). The van der Waals surface area contributed by atoms with E-state index < -0.39 is 21.7 Å². The van der Waals surface area contributed by atoms with Crippen molar-refractivity contribution in [2.75, 3.05) is 11.9 Å². The number of benzene rings is 2. The summed E-state index contributed by atoms with van der Waals surface area (Å²) in [5.74, 6) is -1.02. The third-order valence-corrected chi connectivity index (χ3v) is 6.61. The molecule has 1 aliphatic heterocycles. The van der Waals surface area contributed by atoms with E-state index in [1.54, 1.807) is 6.07 Å². The van der Waals surface area contributed by atoms with Gasteiger partial charge >= 0.3 is 0 Å². The molecule has 138 valence electrons. The summed E-state index contributed by atoms with van der Waals surface area (Å²) in [6, 6.07) is 11.6. The smallest absolute Gasteiger partial charge is 0.255 e. The van der Waals surface area contributed by atoms with E-state index in [2.05, 4.69) is 5.32 Å². The van der Waals surface area contributed by atoms with Gasteiger partial charge in [-0.25, -0.2) is 12.8 Å². The predicted molar refractivity (Wildman–Crippen MR) is 98.0 cm³/mol. The standard InChI is InChI=1S/C19H21FN2O3S/c1-14-6-4-5-13-22(14)26(24,25)16-11-9-15(10-12-16)19(23)21-18-8-3-2-7-17(18)20/h2-3,7-12,14H,4-6,13H2,1H3,(H,21,23). The second kappa shape index (κ2) is 7.55. The molecule has 0 aliphatic carbocycles. The number of hydrogen-bond donors (Lipinski definition) is 1. The fourth-order valence-electron chi connectivity index (χ4n) is 3.10. The SMILES string of the molecule is CC1CCCCN1S(=O)(=O)c1ccc(C(=O)Nc2ccccc2F)cc1. The number of carbonyl (C=O) groups excluding carboxylic acids is 1. The average molecular weight is 376 g/mol. The average Bonchev–Trinajstić information content (AvgIpc) is 2.64. The lowest BCUT2D eigenvalue weighted by Crippen LogP contribution is -2.41. The molecule has 0 saturated carbocycles. The Kier molecular flexibility index (Phi) is 5.38. The highest BCUT2D eigenvalue weighted by Gasteiger charge is 2.30. The Morgan fingerprint density at radius 1 is 1.12 bits per heavy atom. The quantitative estimate of drug-likeness (QED) is 0.886. The Morgan fingerprint density at radius 2 is 1.81 bits per heavy atom. The van der Waals surface area contributed by atoms with Crippen molar-refractivity contribution in [1.29, 1.82) is 0 Å². The van der Waals surface area contributed by atoms with Gasteiger partial charge in [-0.05, 0) is 56.2 Å². The number of anilines is 1. The van der Waals surface area contributed by atoms with E-state index in [1.807, 2.05) is 6.92 Å². The van der Waals surface area contributed by atoms with E-state index in [1.165, 1.54) is 46.8 Å². The normalized spacial score (nSPS) is 18.5. The number of piperidine rings is 1. The highest BCUT2D eigenvalue weighted by molar-refractivity contribution is 7.89. The lowest BCUT2D eigenvalue weighted by molar-refractivity contribution is 0.102. The third-order valence-electron chi connectivity index (χ3n) is 4.59. The summed E-state index contributed by atoms with van der Waals surface area (Å²) in [4.78, 5) is 12.4. The number of hydrogen-bond acceptors (Lipinski definition) is 3. The maximum Gasteiger partial charge on any atom is 0.255 e. The van der Waals surface area contributed by atoms with E-state index in [-0.39, 0.29) is 22.2 Å². The molecule has 0 radical (unpaired) electrons. The van der Waals surface area contributed by atoms with Crippen LogP contribution in [0.25, 0.3) is 0 Å². The van der Waals surface area contributed by atoms with Gasteiger partial charge in [0, 0.05) is 18.2 Å². The monoisotopic (exact) mass is 376 g/mol. The third kappa shape index (κ3) is 3.78. The zero-order valence-corrected chi connectivity index (χ0v) is 15.3. The molecule has 1 N–H and O–H groups in total. The van der Waals surface area contributed by atoms with Crippen LogP contribution < -0.4 is 5.32 Å². The van der Waals surface area contributed by atoms with E-state index in [0.29, 0.717) is 6.54 Å². The van der Waals surface area contributed by atoms with Crippen LogP contribution in [0.2, 0.25) is 0 Å². The number of nitrogens with zero attached hydrogens (tertiary/aromatic N) is 1. The van der Waals surface area contributed by atoms with E-state index >= 15 is 0 Å². The minimum atomic E-state index is -3.58. The van der Waals surface area contributed by atoms with E-state index in [4.69, 9.17) is 0 Å². The lowest BCUT2D eigenvalue weighted by Gasteiger charge is -2.32. The van der Waals surface area contributed by atoms with Crippen LogP contribution in [0.5, 0.6) is 0 Å². The summed E-state index contributed by atoms with van der Waals surface area (Å²) < 4.78 is 40.7. The number of sulfonamides is 1. The molecule has 7 heteroatoms. The Bertz CT molecular complexity index is 897. The second-order valence-corrected chi connectivity index (χ2v) is 8.31. The Hall–Kier alpha value is -2.25. The first-order chi connectivity index (χ1) is 12.4. The molecular weight excluding hydrogens is 355 g/mol. The topological polar surface area (TPSA) is 66.5 Å². The van der Waals surface area contributed by atoms with Gasteiger partial charge in [-0.1, -0.05) is 18.6 Å². The number of rotatable bonds is 4. The van der Waals surface area contributed by atoms with Gasteiger partial charge in [-0.3, -0.25) is 4.79 Å². The predicted octanol–water partition coefficient (Wildman–Crippen LogP) is 3.64. The van der Waals surface area contributed by atoms with Crippen molar-refractivity contribution in [3.8, 4) is 0 Å². The number of halogens is 1. The lowest BCUT2D eigenvalue weighted by atomic mass is 10.1. The first-order valence-electron chi connectivity index (χ1n) is 8.57. The molecule has 0 aromatic heterocycles. The largest absolute Gasteiger partial charge is 0.319 e. The first kappa shape index (κ1) is 18.5. The molecule has 1 aliphatic rings. The van der Waals surface area contributed by atoms with Crippen molar-refractivity contribution < 1.29 is 17.6 Å². The van der Waals surface area contributed by atoms with Gasteiger partial charge in [0.05, 0.1) is 10.6 Å². The number of para-hydroxylation sites is 1.